The van der Waals surface area contributed by atoms with Crippen molar-refractivity contribution in [3.8, 4) is 17.2 Å². The number of hydrogen-bond acceptors (Lipinski definition) is 9. The second kappa shape index (κ2) is 13.0. The van der Waals surface area contributed by atoms with Gasteiger partial charge < -0.3 is 19.0 Å². The highest BCUT2D eigenvalue weighted by Gasteiger charge is 2.25. The first-order valence-electron chi connectivity index (χ1n) is 11.3. The maximum atomic E-state index is 13.8. The molecule has 0 saturated heterocycles. The van der Waals surface area contributed by atoms with E-state index in [1.165, 1.54) is 16.1 Å². The number of nitrogens with two attached hydrogens (primary N) is 1. The van der Waals surface area contributed by atoms with Gasteiger partial charge in [-0.15, -0.1) is 0 Å². The number of hydrogen-bond donors (Lipinski definition) is 1. The van der Waals surface area contributed by atoms with Crippen molar-refractivity contribution in [1.29, 1.82) is 0 Å². The number of imidazole rings is 1. The minimum atomic E-state index is -3.96. The zero-order valence-electron chi connectivity index (χ0n) is 21.2. The average Bonchev–Trinajstić information content (AvgIpc) is 3.28. The highest BCUT2D eigenvalue weighted by atomic mass is 32.2. The fourth-order valence-corrected chi connectivity index (χ4v) is 5.62. The maximum Gasteiger partial charge on any atom is 0.269 e. The van der Waals surface area contributed by atoms with E-state index in [4.69, 9.17) is 24.7 Å². The summed E-state index contributed by atoms with van der Waals surface area (Å²) in [7, 11) is -0.774. The smallest absolute Gasteiger partial charge is 0.269 e. The number of rotatable bonds is 9. The molecule has 0 fully saturated rings. The largest absolute Gasteiger partial charge is 0.497 e. The quantitative estimate of drug-likeness (QED) is 0.313. The molecule has 2 aromatic carbocycles. The Kier molecular flexibility index (Phi) is 10.4. The molecular weight excluding hydrogens is 508 g/mol. The number of pyridine rings is 1. The third-order valence-electron chi connectivity index (χ3n) is 5.83. The van der Waals surface area contributed by atoms with Gasteiger partial charge in [0.1, 0.15) is 36.6 Å². The molecule has 2 aromatic heterocycles. The minimum absolute atomic E-state index is 0. The number of benzene rings is 2. The Hall–Kier alpha value is -3.96. The van der Waals surface area contributed by atoms with E-state index < -0.39 is 10.0 Å². The molecule has 0 amide bonds. The van der Waals surface area contributed by atoms with Gasteiger partial charge in [0.15, 0.2) is 0 Å². The zero-order valence-corrected chi connectivity index (χ0v) is 22.0. The summed E-state index contributed by atoms with van der Waals surface area (Å²) in [6.45, 7) is 5.89. The monoisotopic (exact) mass is 542 g/mol. The van der Waals surface area contributed by atoms with Crippen LogP contribution in [0.15, 0.2) is 53.6 Å². The lowest BCUT2D eigenvalue weighted by Gasteiger charge is -2.13. The van der Waals surface area contributed by atoms with Crippen LogP contribution >= 0.6 is 0 Å². The van der Waals surface area contributed by atoms with Gasteiger partial charge in [-0.05, 0) is 56.7 Å². The van der Waals surface area contributed by atoms with Gasteiger partial charge in [-0.2, -0.15) is 0 Å². The van der Waals surface area contributed by atoms with Gasteiger partial charge in [-0.25, -0.2) is 17.4 Å². The summed E-state index contributed by atoms with van der Waals surface area (Å²) in [5.74, 6) is 2.26. The van der Waals surface area contributed by atoms with E-state index >= 15 is 0 Å². The van der Waals surface area contributed by atoms with E-state index in [0.717, 1.165) is 22.6 Å². The van der Waals surface area contributed by atoms with Gasteiger partial charge in [0.05, 0.1) is 30.1 Å². The number of carbonyl (C=O) groups is 1. The van der Waals surface area contributed by atoms with E-state index in [1.807, 2.05) is 20.6 Å². The van der Waals surface area contributed by atoms with E-state index in [9.17, 15) is 8.42 Å². The Morgan fingerprint density at radius 1 is 0.974 bits per heavy atom. The summed E-state index contributed by atoms with van der Waals surface area (Å²) in [6, 6.07) is 11.3. The Morgan fingerprint density at radius 2 is 1.63 bits per heavy atom. The molecule has 0 aliphatic rings. The number of carbonyl (C=O) groups excluding carboxylic acids is 1. The molecule has 38 heavy (non-hydrogen) atoms. The third-order valence-corrected chi connectivity index (χ3v) is 7.59. The first-order valence-corrected chi connectivity index (χ1v) is 12.8. The van der Waals surface area contributed by atoms with Crippen LogP contribution in [0.5, 0.6) is 17.2 Å². The van der Waals surface area contributed by atoms with Crippen LogP contribution in [0.2, 0.25) is 0 Å². The lowest BCUT2D eigenvalue weighted by molar-refractivity contribution is -0.0980. The summed E-state index contributed by atoms with van der Waals surface area (Å²) >= 11 is 0. The number of nitrogens with zero attached hydrogens (tertiary/aromatic N) is 3. The SMILES string of the molecule is C.C=O.COc1ccc2c(c1)nc(CCc1ncc(C)c(OC)c1C)n2S(=O)(=O)c1ccc(OCN)cc1. The minimum Gasteiger partial charge on any atom is -0.497 e. The highest BCUT2D eigenvalue weighted by Crippen LogP contribution is 2.29. The van der Waals surface area contributed by atoms with Crippen LogP contribution in [-0.4, -0.2) is 50.1 Å². The van der Waals surface area contributed by atoms with Gasteiger partial charge in [0.25, 0.3) is 10.0 Å². The Morgan fingerprint density at radius 3 is 2.24 bits per heavy atom. The van der Waals surface area contributed by atoms with Gasteiger partial charge in [-0.3, -0.25) is 10.7 Å². The molecule has 4 rings (SSSR count). The predicted molar refractivity (Wildman–Crippen MR) is 147 cm³/mol. The molecule has 2 N–H and O–H groups in total. The normalized spacial score (nSPS) is 10.8. The lowest BCUT2D eigenvalue weighted by Crippen LogP contribution is -2.17. The molecule has 0 radical (unpaired) electrons. The number of aryl methyl sites for hydroxylation is 3. The van der Waals surface area contributed by atoms with E-state index in [1.54, 1.807) is 50.7 Å². The fourth-order valence-electron chi connectivity index (χ4n) is 4.10. The first-order chi connectivity index (χ1) is 17.8. The number of methoxy groups -OCH3 is 2. The number of aromatic nitrogens is 3. The zero-order chi connectivity index (χ0) is 27.2. The van der Waals surface area contributed by atoms with E-state index in [2.05, 4.69) is 9.97 Å². The molecule has 2 heterocycles. The molecule has 204 valence electrons. The molecule has 10 nitrogen and oxygen atoms in total. The van der Waals surface area contributed by atoms with Crippen molar-refractivity contribution >= 4 is 27.8 Å². The predicted octanol–water partition coefficient (Wildman–Crippen LogP) is 3.83. The summed E-state index contributed by atoms with van der Waals surface area (Å²) < 4.78 is 44.9. The number of fused-ring (bicyclic) bond motifs is 1. The molecule has 0 atom stereocenters. The molecule has 11 heteroatoms. The standard InChI is InChI=1S/C25H28N4O5S.CH2O.CH4/c1-16-14-27-21(17(2)25(16)33-4)10-12-24-28-22-13-19(32-3)7-11-23(22)29(24)35(30,31)20-8-5-18(6-9-20)34-15-26;1-2;/h5-9,11,13-14H,10,12,15,26H2,1-4H3;1H2;1H4. The van der Waals surface area contributed by atoms with Crippen molar-refractivity contribution in [1.82, 2.24) is 13.9 Å². The third kappa shape index (κ3) is 5.95. The van der Waals surface area contributed by atoms with Gasteiger partial charge >= 0.3 is 0 Å². The molecule has 0 saturated carbocycles. The fraction of sp³-hybridized carbons (Fsp3) is 0.296. The molecular formula is C27H34N4O6S. The van der Waals surface area contributed by atoms with E-state index in [0.29, 0.717) is 41.2 Å². The summed E-state index contributed by atoms with van der Waals surface area (Å²) in [6.07, 6.45) is 2.60. The van der Waals surface area contributed by atoms with Gasteiger partial charge in [-0.1, -0.05) is 7.43 Å². The van der Waals surface area contributed by atoms with Crippen LogP contribution in [0.4, 0.5) is 0 Å². The topological polar surface area (TPSA) is 136 Å². The van der Waals surface area contributed by atoms with Gasteiger partial charge in [0, 0.05) is 35.5 Å². The van der Waals surface area contributed by atoms with Crippen LogP contribution in [0.3, 0.4) is 0 Å². The van der Waals surface area contributed by atoms with Crippen molar-refractivity contribution in [3.05, 3.63) is 71.3 Å². The highest BCUT2D eigenvalue weighted by molar-refractivity contribution is 7.90. The van der Waals surface area contributed by atoms with Crippen LogP contribution in [-0.2, 0) is 27.7 Å². The van der Waals surface area contributed by atoms with Crippen LogP contribution < -0.4 is 19.9 Å². The molecule has 0 aliphatic heterocycles. The van der Waals surface area contributed by atoms with Crippen LogP contribution in [0.1, 0.15) is 30.1 Å². The van der Waals surface area contributed by atoms with Crippen LogP contribution in [0.25, 0.3) is 11.0 Å². The number of ether oxygens (including phenoxy) is 3. The average molecular weight is 543 g/mol. The maximum absolute atomic E-state index is 13.8. The van der Waals surface area contributed by atoms with Crippen molar-refractivity contribution in [3.63, 3.8) is 0 Å². The molecule has 0 bridgehead atoms. The van der Waals surface area contributed by atoms with E-state index in [-0.39, 0.29) is 19.1 Å². The molecule has 0 aliphatic carbocycles. The van der Waals surface area contributed by atoms with Crippen LogP contribution in [0, 0.1) is 13.8 Å². The van der Waals surface area contributed by atoms with Gasteiger partial charge in [0.2, 0.25) is 0 Å². The molecule has 0 unspecified atom stereocenters. The molecule has 0 spiro atoms. The summed E-state index contributed by atoms with van der Waals surface area (Å²) in [5.41, 5.74) is 9.09. The van der Waals surface area contributed by atoms with Crippen molar-refractivity contribution in [2.75, 3.05) is 21.0 Å². The van der Waals surface area contributed by atoms with Crippen molar-refractivity contribution < 1.29 is 27.4 Å². The van der Waals surface area contributed by atoms with Crippen molar-refractivity contribution in [2.24, 2.45) is 5.73 Å². The Labute approximate surface area is 223 Å². The first kappa shape index (κ1) is 30.3. The lowest BCUT2D eigenvalue weighted by atomic mass is 10.1. The summed E-state index contributed by atoms with van der Waals surface area (Å²) in [5, 5.41) is 0. The second-order valence-electron chi connectivity index (χ2n) is 7.98. The second-order valence-corrected chi connectivity index (χ2v) is 9.77. The summed E-state index contributed by atoms with van der Waals surface area (Å²) in [4.78, 5) is 17.3. The Bertz CT molecular complexity index is 1480. The molecule has 4 aromatic rings. The Balaban J connectivity index is 0.00000165. The van der Waals surface area contributed by atoms with Crippen molar-refractivity contribution in [2.45, 2.75) is 39.0 Å².